The van der Waals surface area contributed by atoms with E-state index in [-0.39, 0.29) is 6.04 Å². The van der Waals surface area contributed by atoms with Crippen LogP contribution in [0.4, 0.5) is 0 Å². The van der Waals surface area contributed by atoms with Crippen LogP contribution in [0.3, 0.4) is 0 Å². The van der Waals surface area contributed by atoms with Gasteiger partial charge in [-0.05, 0) is 51.7 Å². The van der Waals surface area contributed by atoms with Crippen LogP contribution in [0.15, 0.2) is 24.5 Å². The zero-order valence-corrected chi connectivity index (χ0v) is 15.7. The summed E-state index contributed by atoms with van der Waals surface area (Å²) in [5.41, 5.74) is 6.99. The number of aryl methyl sites for hydroxylation is 1. The van der Waals surface area contributed by atoms with Crippen molar-refractivity contribution < 1.29 is 14.6 Å². The summed E-state index contributed by atoms with van der Waals surface area (Å²) in [6.07, 6.45) is 6.97. The van der Waals surface area contributed by atoms with Crippen LogP contribution in [-0.2, 0) is 16.8 Å². The monoisotopic (exact) mass is 374 g/mol. The van der Waals surface area contributed by atoms with Gasteiger partial charge in [-0.3, -0.25) is 10.4 Å². The maximum atomic E-state index is 11.2. The fourth-order valence-electron chi connectivity index (χ4n) is 2.77. The Labute approximate surface area is 158 Å². The molecule has 1 aliphatic rings. The van der Waals surface area contributed by atoms with Crippen molar-refractivity contribution in [2.24, 2.45) is 0 Å². The lowest BCUT2D eigenvalue weighted by molar-refractivity contribution is -0.146. The predicted molar refractivity (Wildman–Crippen MR) is 98.1 cm³/mol. The van der Waals surface area contributed by atoms with Gasteiger partial charge in [-0.1, -0.05) is 5.21 Å². The van der Waals surface area contributed by atoms with Gasteiger partial charge in [-0.2, -0.15) is 0 Å². The van der Waals surface area contributed by atoms with Crippen LogP contribution in [0.2, 0.25) is 0 Å². The molecule has 1 atom stereocenters. The molecule has 3 heterocycles. The van der Waals surface area contributed by atoms with Crippen molar-refractivity contribution in [2.75, 3.05) is 13.2 Å². The van der Waals surface area contributed by atoms with Crippen LogP contribution in [0, 0.1) is 0 Å². The van der Waals surface area contributed by atoms with Crippen LogP contribution in [0.25, 0.3) is 0 Å². The number of aliphatic carboxylic acids is 1. The molecule has 3 rings (SSSR count). The Morgan fingerprint density at radius 3 is 2.93 bits per heavy atom. The average molecular weight is 374 g/mol. The summed E-state index contributed by atoms with van der Waals surface area (Å²) in [6.45, 7) is 4.74. The molecule has 0 aliphatic carbocycles. The molecule has 146 valence electrons. The van der Waals surface area contributed by atoms with Crippen molar-refractivity contribution in [3.05, 3.63) is 35.9 Å². The van der Waals surface area contributed by atoms with Crippen molar-refractivity contribution in [3.63, 3.8) is 0 Å². The van der Waals surface area contributed by atoms with Gasteiger partial charge in [-0.15, -0.1) is 5.10 Å². The lowest BCUT2D eigenvalue weighted by atomic mass is 10.1. The first kappa shape index (κ1) is 19.2. The Kier molecular flexibility index (Phi) is 6.02. The van der Waals surface area contributed by atoms with E-state index in [9.17, 15) is 9.90 Å². The molecule has 0 amide bonds. The molecule has 0 radical (unpaired) electrons. The molecular formula is C18H26N6O3. The second-order valence-electron chi connectivity index (χ2n) is 7.16. The fraction of sp³-hybridized carbons (Fsp3) is 0.556. The molecule has 1 unspecified atom stereocenters. The molecule has 2 aromatic heterocycles. The highest BCUT2D eigenvalue weighted by Crippen LogP contribution is 2.19. The number of hydrogen-bond acceptors (Lipinski definition) is 7. The van der Waals surface area contributed by atoms with E-state index in [0.717, 1.165) is 49.4 Å². The second-order valence-corrected chi connectivity index (χ2v) is 7.16. The summed E-state index contributed by atoms with van der Waals surface area (Å²) in [5.74, 6) is -0.175. The first-order valence-electron chi connectivity index (χ1n) is 9.19. The molecule has 1 saturated heterocycles. The lowest BCUT2D eigenvalue weighted by Gasteiger charge is -2.18. The zero-order valence-electron chi connectivity index (χ0n) is 15.7. The van der Waals surface area contributed by atoms with Gasteiger partial charge in [-0.25, -0.2) is 14.9 Å². The summed E-state index contributed by atoms with van der Waals surface area (Å²) in [5, 5.41) is 17.2. The topological polar surface area (TPSA) is 114 Å². The molecule has 0 spiro atoms. The quantitative estimate of drug-likeness (QED) is 0.565. The largest absolute Gasteiger partial charge is 0.492 e. The summed E-state index contributed by atoms with van der Waals surface area (Å²) in [4.78, 5) is 15.7. The number of carbonyl (C=O) groups is 1. The van der Waals surface area contributed by atoms with Gasteiger partial charge < -0.3 is 9.84 Å². The number of ether oxygens (including phenoxy) is 1. The maximum absolute atomic E-state index is 11.2. The summed E-state index contributed by atoms with van der Waals surface area (Å²) >= 11 is 0. The summed E-state index contributed by atoms with van der Waals surface area (Å²) in [6, 6.07) is 4.20. The standard InChI is InChI=1S/C18H26N6O3/c1-18(2,17(25)26)24-12-13(21-23-24)5-3-4-10-27-14-6-7-15(19-11-14)16-8-9-20-22-16/h6-7,11-12,16,20,22H,3-5,8-10H2,1-2H3,(H,25,26). The number of rotatable bonds is 9. The van der Waals surface area contributed by atoms with Crippen LogP contribution in [-0.4, -0.2) is 44.2 Å². The number of hydrazine groups is 1. The number of nitrogens with one attached hydrogen (secondary N) is 2. The van der Waals surface area contributed by atoms with Gasteiger partial charge in [0, 0.05) is 12.7 Å². The van der Waals surface area contributed by atoms with E-state index in [4.69, 9.17) is 4.74 Å². The van der Waals surface area contributed by atoms with Gasteiger partial charge in [0.2, 0.25) is 0 Å². The molecule has 2 aromatic rings. The lowest BCUT2D eigenvalue weighted by Crippen LogP contribution is -2.36. The summed E-state index contributed by atoms with van der Waals surface area (Å²) in [7, 11) is 0. The Hall–Kier alpha value is -2.52. The van der Waals surface area contributed by atoms with Gasteiger partial charge in [0.25, 0.3) is 0 Å². The SMILES string of the molecule is CC(C)(C(=O)O)n1cc(CCCCOc2ccc(C3CCNN3)nc2)nn1. The van der Waals surface area contributed by atoms with Crippen molar-refractivity contribution in [3.8, 4) is 5.75 Å². The van der Waals surface area contributed by atoms with Crippen LogP contribution < -0.4 is 15.6 Å². The second kappa shape index (κ2) is 8.45. The molecule has 0 saturated carbocycles. The van der Waals surface area contributed by atoms with Crippen molar-refractivity contribution >= 4 is 5.97 Å². The minimum absolute atomic E-state index is 0.263. The molecular weight excluding hydrogens is 348 g/mol. The van der Waals surface area contributed by atoms with E-state index in [1.807, 2.05) is 12.1 Å². The van der Waals surface area contributed by atoms with Crippen LogP contribution in [0.5, 0.6) is 5.75 Å². The van der Waals surface area contributed by atoms with Gasteiger partial charge in [0.1, 0.15) is 5.75 Å². The Bertz CT molecular complexity index is 753. The average Bonchev–Trinajstić information content (AvgIpc) is 3.34. The minimum Gasteiger partial charge on any atom is -0.492 e. The normalized spacial score (nSPS) is 17.2. The molecule has 9 nitrogen and oxygen atoms in total. The fourth-order valence-corrected chi connectivity index (χ4v) is 2.77. The van der Waals surface area contributed by atoms with Gasteiger partial charge in [0.15, 0.2) is 5.54 Å². The highest BCUT2D eigenvalue weighted by atomic mass is 16.5. The van der Waals surface area contributed by atoms with Crippen molar-refractivity contribution in [1.29, 1.82) is 0 Å². The molecule has 9 heteroatoms. The Balaban J connectivity index is 1.38. The first-order valence-corrected chi connectivity index (χ1v) is 9.19. The van der Waals surface area contributed by atoms with E-state index < -0.39 is 11.5 Å². The molecule has 1 fully saturated rings. The van der Waals surface area contributed by atoms with Crippen LogP contribution >= 0.6 is 0 Å². The predicted octanol–water partition coefficient (Wildman–Crippen LogP) is 1.43. The molecule has 27 heavy (non-hydrogen) atoms. The molecule has 1 aliphatic heterocycles. The van der Waals surface area contributed by atoms with Crippen molar-refractivity contribution in [1.82, 2.24) is 30.8 Å². The molecule has 0 aromatic carbocycles. The Morgan fingerprint density at radius 1 is 1.41 bits per heavy atom. The molecule has 3 N–H and O–H groups in total. The third-order valence-electron chi connectivity index (χ3n) is 4.68. The third kappa shape index (κ3) is 4.81. The highest BCUT2D eigenvalue weighted by Gasteiger charge is 2.30. The maximum Gasteiger partial charge on any atom is 0.331 e. The van der Waals surface area contributed by atoms with E-state index >= 15 is 0 Å². The van der Waals surface area contributed by atoms with E-state index in [1.54, 1.807) is 26.2 Å². The molecule has 0 bridgehead atoms. The van der Waals surface area contributed by atoms with Crippen molar-refractivity contribution in [2.45, 2.75) is 51.1 Å². The number of aromatic nitrogens is 4. The number of carboxylic acid groups (broad SMARTS) is 1. The van der Waals surface area contributed by atoms with E-state index in [2.05, 4.69) is 26.1 Å². The number of carboxylic acids is 1. The Morgan fingerprint density at radius 2 is 2.26 bits per heavy atom. The number of hydrogen-bond donors (Lipinski definition) is 3. The van der Waals surface area contributed by atoms with Gasteiger partial charge in [0.05, 0.1) is 30.2 Å². The van der Waals surface area contributed by atoms with E-state index in [0.29, 0.717) is 6.61 Å². The van der Waals surface area contributed by atoms with Gasteiger partial charge >= 0.3 is 5.97 Å². The third-order valence-corrected chi connectivity index (χ3v) is 4.68. The summed E-state index contributed by atoms with van der Waals surface area (Å²) < 4.78 is 7.13. The highest BCUT2D eigenvalue weighted by molar-refractivity contribution is 5.75. The number of unbranched alkanes of at least 4 members (excludes halogenated alkanes) is 1. The van der Waals surface area contributed by atoms with Crippen LogP contribution in [0.1, 0.15) is 50.5 Å². The minimum atomic E-state index is -1.10. The smallest absolute Gasteiger partial charge is 0.331 e. The number of pyridine rings is 1. The zero-order chi connectivity index (χ0) is 19.3. The van der Waals surface area contributed by atoms with E-state index in [1.165, 1.54) is 4.68 Å². The number of nitrogens with zero attached hydrogens (tertiary/aromatic N) is 4. The first-order chi connectivity index (χ1) is 13.0.